The number of nitrogens with zero attached hydrogens (tertiary/aromatic N) is 4. The van der Waals surface area contributed by atoms with E-state index in [0.29, 0.717) is 132 Å². The van der Waals surface area contributed by atoms with E-state index in [0.717, 1.165) is 16.7 Å². The van der Waals surface area contributed by atoms with Crippen LogP contribution in [0, 0.1) is 11.5 Å². The zero-order valence-electron chi connectivity index (χ0n) is 54.4. The van der Waals surface area contributed by atoms with E-state index in [1.165, 1.54) is 0 Å². The summed E-state index contributed by atoms with van der Waals surface area (Å²) in [5.74, 6) is 4.30. The van der Waals surface area contributed by atoms with Crippen molar-refractivity contribution in [2.75, 3.05) is 52.9 Å². The van der Waals surface area contributed by atoms with E-state index >= 15 is 0 Å². The van der Waals surface area contributed by atoms with Crippen molar-refractivity contribution in [1.29, 1.82) is 0 Å². The Bertz CT molecular complexity index is 3590. The van der Waals surface area contributed by atoms with Gasteiger partial charge in [0.2, 0.25) is 0 Å². The second-order valence-electron chi connectivity index (χ2n) is 22.7. The number of rotatable bonds is 30. The van der Waals surface area contributed by atoms with Crippen molar-refractivity contribution in [3.05, 3.63) is 119 Å². The summed E-state index contributed by atoms with van der Waals surface area (Å²) in [5, 5.41) is 0. The predicted molar refractivity (Wildman–Crippen MR) is 356 cm³/mol. The molecule has 0 unspecified atom stereocenters. The van der Waals surface area contributed by atoms with E-state index in [9.17, 15) is 19.2 Å². The molecule has 0 spiro atoms. The first-order chi connectivity index (χ1) is 43.6. The van der Waals surface area contributed by atoms with Gasteiger partial charge in [0.05, 0.1) is 86.8 Å². The normalized spacial score (nSPS) is 11.7. The number of ether oxygens (including phenoxy) is 8. The molecule has 0 saturated heterocycles. The number of carbonyl (C=O) groups excluding carboxylic acids is 4. The minimum Gasteiger partial charge on any atom is -0.657 e. The molecule has 474 valence electrons. The van der Waals surface area contributed by atoms with Gasteiger partial charge in [-0.05, 0) is 142 Å². The molecule has 0 atom stereocenters. The number of benzene rings is 3. The Morgan fingerprint density at radius 3 is 1.24 bits per heavy atom. The van der Waals surface area contributed by atoms with Crippen molar-refractivity contribution in [1.82, 2.24) is 19.9 Å². The second-order valence-corrected chi connectivity index (χ2v) is 28.3. The first-order valence-corrected chi connectivity index (χ1v) is 33.9. The summed E-state index contributed by atoms with van der Waals surface area (Å²) in [5.41, 5.74) is 14.8. The fourth-order valence-corrected chi connectivity index (χ4v) is 16.9. The first-order valence-electron chi connectivity index (χ1n) is 31.6. The summed E-state index contributed by atoms with van der Waals surface area (Å²) in [6.07, 6.45) is 10.1. The van der Waals surface area contributed by atoms with Gasteiger partial charge in [0.25, 0.3) is 0 Å². The fourth-order valence-electron chi connectivity index (χ4n) is 11.7. The Morgan fingerprint density at radius 2 is 0.824 bits per heavy atom. The number of aromatic nitrogens is 4. The van der Waals surface area contributed by atoms with Crippen LogP contribution in [0.2, 0.25) is 16.6 Å². The van der Waals surface area contributed by atoms with Crippen LogP contribution in [0.3, 0.4) is 0 Å². The molecule has 0 radical (unpaired) electrons. The number of hydrogen-bond donors (Lipinski definition) is 0. The smallest absolute Gasteiger partial charge is 0.657 e. The molecule has 8 rings (SSSR count). The van der Waals surface area contributed by atoms with E-state index in [1.807, 2.05) is 91.0 Å². The zero-order chi connectivity index (χ0) is 64.2. The molecule has 91 heavy (non-hydrogen) atoms. The SMILES string of the molecule is CCOC(=O)CCCOc1cccc(OCCCC(=O)OCC)c1-c1c2nc(c(-c3ccc(C#C[Si](C(C)C)(C(C)C)C(C)C)cc3)c3ccc([n-]3)c(-c3c(OCCCC(=O)OCC)cccc3OCCCC(=O)OCC)c3nc(cc4ccc1[n-]4)C=C3)C=C2.[Zn+2]. The van der Waals surface area contributed by atoms with Gasteiger partial charge < -0.3 is 47.9 Å². The average molecular weight is 1300 g/mol. The van der Waals surface area contributed by atoms with Crippen LogP contribution in [0.15, 0.2) is 91.0 Å². The Morgan fingerprint density at radius 1 is 0.451 bits per heavy atom. The van der Waals surface area contributed by atoms with Gasteiger partial charge in [0.1, 0.15) is 31.1 Å². The third-order valence-corrected chi connectivity index (χ3v) is 22.0. The quantitative estimate of drug-likeness (QED) is 0.0135. The maximum absolute atomic E-state index is 12.5. The minimum absolute atomic E-state index is 0. The van der Waals surface area contributed by atoms with Crippen LogP contribution in [0.25, 0.3) is 79.8 Å². The van der Waals surface area contributed by atoms with Gasteiger partial charge >= 0.3 is 43.4 Å². The number of fused-ring (bicyclic) bond motifs is 8. The van der Waals surface area contributed by atoms with Gasteiger partial charge in [-0.15, -0.1) is 27.6 Å². The predicted octanol–water partition coefficient (Wildman–Crippen LogP) is 15.4. The Hall–Kier alpha value is -8.26. The zero-order valence-corrected chi connectivity index (χ0v) is 58.4. The summed E-state index contributed by atoms with van der Waals surface area (Å²) < 4.78 is 47.4. The van der Waals surface area contributed by atoms with Crippen LogP contribution < -0.4 is 28.9 Å². The van der Waals surface area contributed by atoms with Gasteiger partial charge in [0.15, 0.2) is 0 Å². The molecule has 0 amide bonds. The van der Waals surface area contributed by atoms with E-state index in [4.69, 9.17) is 57.8 Å². The summed E-state index contributed by atoms with van der Waals surface area (Å²) in [6.45, 7) is 22.9. The topological polar surface area (TPSA) is 196 Å². The molecular weight excluding hydrogens is 1220 g/mol. The molecule has 8 bridgehead atoms. The molecule has 0 saturated carbocycles. The molecule has 2 aliphatic heterocycles. The average Bonchev–Trinajstić information content (AvgIpc) is 1.80. The van der Waals surface area contributed by atoms with Gasteiger partial charge in [-0.25, -0.2) is 9.97 Å². The van der Waals surface area contributed by atoms with Crippen molar-refractivity contribution in [2.24, 2.45) is 0 Å². The third kappa shape index (κ3) is 18.0. The summed E-state index contributed by atoms with van der Waals surface area (Å²) >= 11 is 0. The number of carbonyl (C=O) groups is 4. The van der Waals surface area contributed by atoms with Crippen LogP contribution in [0.1, 0.15) is 149 Å². The van der Waals surface area contributed by atoms with Gasteiger partial charge in [0, 0.05) is 42.4 Å². The minimum atomic E-state index is -2.07. The summed E-state index contributed by atoms with van der Waals surface area (Å²) in [7, 11) is -2.07. The summed E-state index contributed by atoms with van der Waals surface area (Å²) in [4.78, 5) is 71.6. The van der Waals surface area contributed by atoms with Crippen molar-refractivity contribution < 1.29 is 76.6 Å². The Labute approximate surface area is 549 Å². The second kappa shape index (κ2) is 34.2. The van der Waals surface area contributed by atoms with Crippen LogP contribution >= 0.6 is 0 Å². The molecule has 3 aromatic carbocycles. The third-order valence-electron chi connectivity index (χ3n) is 15.7. The maximum atomic E-state index is 12.5. The van der Waals surface area contributed by atoms with Gasteiger partial charge in [-0.1, -0.05) is 102 Å². The molecule has 0 fully saturated rings. The number of esters is 4. The Kier molecular flexibility index (Phi) is 26.4. The van der Waals surface area contributed by atoms with Gasteiger partial charge in [-0.2, -0.15) is 0 Å². The van der Waals surface area contributed by atoms with Crippen LogP contribution in [-0.2, 0) is 57.6 Å². The van der Waals surface area contributed by atoms with Crippen molar-refractivity contribution in [2.45, 2.75) is 137 Å². The van der Waals surface area contributed by atoms with Crippen molar-refractivity contribution in [3.8, 4) is 67.8 Å². The van der Waals surface area contributed by atoms with Crippen molar-refractivity contribution in [3.63, 3.8) is 0 Å². The molecule has 2 aliphatic rings. The largest absolute Gasteiger partial charge is 2.00 e. The first kappa shape index (κ1) is 70.2. The monoisotopic (exact) mass is 1300 g/mol. The van der Waals surface area contributed by atoms with Gasteiger partial charge in [-0.3, -0.25) is 19.2 Å². The van der Waals surface area contributed by atoms with Crippen molar-refractivity contribution >= 4 is 78.3 Å². The molecule has 0 aliphatic carbocycles. The van der Waals surface area contributed by atoms with E-state index in [2.05, 4.69) is 77.3 Å². The molecule has 3 aromatic heterocycles. The van der Waals surface area contributed by atoms with Crippen LogP contribution in [-0.4, -0.2) is 94.8 Å². The molecule has 0 N–H and O–H groups in total. The molecular formula is C73H84N4O12SiZn. The van der Waals surface area contributed by atoms with E-state index in [1.54, 1.807) is 27.7 Å². The Balaban J connectivity index is 0.0000118. The molecule has 18 heteroatoms. The van der Waals surface area contributed by atoms with E-state index < -0.39 is 8.07 Å². The fraction of sp³-hybridized carbons (Fsp3) is 0.397. The maximum Gasteiger partial charge on any atom is 2.00 e. The number of hydrogen-bond acceptors (Lipinski definition) is 14. The molecule has 6 aromatic rings. The standard InChI is InChI=1S/C73H84N4O12Si.Zn/c1-11-82-65(78)25-17-42-86-61-21-15-22-62(87-43-18-26-66(79)83-12-2)72(61)70-57-35-33-53(74-57)47-54-34-36-58(75-54)71(73-63(88-44-19-27-67(80)84-13-3)23-16-24-64(73)89-45-20-28-68(81)85-14-4)60-40-38-56(77-60)69(55-37-39-59(70)76-55)52-31-29-51(30-32-52)41-46-90(48(5)6,49(7)8)50(9)10;/h15-16,21-24,29-40,47-50H,11-14,17-20,25-28,42-45H2,1-10H3;/q-2;+2. The van der Waals surface area contributed by atoms with Crippen LogP contribution in [0.5, 0.6) is 23.0 Å². The van der Waals surface area contributed by atoms with E-state index in [-0.39, 0.29) is 122 Å². The molecule has 16 nitrogen and oxygen atoms in total. The summed E-state index contributed by atoms with van der Waals surface area (Å²) in [6, 6.07) is 29.1. The van der Waals surface area contributed by atoms with Crippen LogP contribution in [0.4, 0.5) is 0 Å². The molecule has 5 heterocycles.